The number of allylic oxidation sites excluding steroid dienone is 1. The van der Waals surface area contributed by atoms with Gasteiger partial charge in [-0.2, -0.15) is 16.7 Å². The molecule has 1 aromatic heterocycles. The lowest BCUT2D eigenvalue weighted by Crippen LogP contribution is -2.31. The lowest BCUT2D eigenvalue weighted by molar-refractivity contribution is -0.137. The van der Waals surface area contributed by atoms with Crippen LogP contribution in [0, 0.1) is 17.8 Å². The van der Waals surface area contributed by atoms with Crippen LogP contribution >= 0.6 is 11.8 Å². The van der Waals surface area contributed by atoms with Crippen molar-refractivity contribution in [3.05, 3.63) is 24.3 Å². The van der Waals surface area contributed by atoms with Crippen LogP contribution in [0.4, 0.5) is 5.82 Å². The highest BCUT2D eigenvalue weighted by atomic mass is 32.2. The van der Waals surface area contributed by atoms with Crippen LogP contribution in [0.25, 0.3) is 0 Å². The van der Waals surface area contributed by atoms with Gasteiger partial charge in [0.2, 0.25) is 0 Å². The van der Waals surface area contributed by atoms with Gasteiger partial charge < -0.3 is 14.8 Å². The summed E-state index contributed by atoms with van der Waals surface area (Å²) < 4.78 is 4.88. The molecular weight excluding hydrogens is 420 g/mol. The summed E-state index contributed by atoms with van der Waals surface area (Å²) in [5, 5.41) is 12.2. The Bertz CT molecular complexity index is 631. The van der Waals surface area contributed by atoms with Crippen molar-refractivity contribution in [3.63, 3.8) is 0 Å². The van der Waals surface area contributed by atoms with E-state index in [9.17, 15) is 9.90 Å². The molecule has 0 aliphatic carbocycles. The van der Waals surface area contributed by atoms with Crippen LogP contribution in [0.5, 0.6) is 0 Å². The molecule has 2 N–H and O–H groups in total. The number of nitrogens with zero attached hydrogens (tertiary/aromatic N) is 1. The zero-order chi connectivity index (χ0) is 23.8. The summed E-state index contributed by atoms with van der Waals surface area (Å²) in [7, 11) is 0. The minimum Gasteiger partial charge on any atom is -0.480 e. The molecule has 0 spiro atoms. The second kappa shape index (κ2) is 17.1. The summed E-state index contributed by atoms with van der Waals surface area (Å²) in [6.07, 6.45) is 16.8. The van der Waals surface area contributed by atoms with Crippen molar-refractivity contribution in [2.24, 2.45) is 17.8 Å². The van der Waals surface area contributed by atoms with E-state index in [-0.39, 0.29) is 0 Å². The predicted octanol–water partition coefficient (Wildman–Crippen LogP) is 7.66. The van der Waals surface area contributed by atoms with E-state index in [0.29, 0.717) is 11.6 Å². The van der Waals surface area contributed by atoms with Crippen LogP contribution in [0.3, 0.4) is 0 Å². The molecule has 0 radical (unpaired) electrons. The highest BCUT2D eigenvalue weighted by molar-refractivity contribution is 7.99. The van der Waals surface area contributed by atoms with Gasteiger partial charge in [-0.25, -0.2) is 4.79 Å². The molecule has 0 fully saturated rings. The van der Waals surface area contributed by atoms with Gasteiger partial charge in [-0.05, 0) is 37.5 Å². The molecular formula is C26H46N2O3S. The molecule has 0 aromatic carbocycles. The highest BCUT2D eigenvalue weighted by Gasteiger charge is 2.17. The van der Waals surface area contributed by atoms with E-state index in [1.807, 2.05) is 0 Å². The van der Waals surface area contributed by atoms with Crippen LogP contribution < -0.4 is 5.32 Å². The molecule has 3 atom stereocenters. The molecule has 0 amide bonds. The normalized spacial score (nSPS) is 15.0. The minimum absolute atomic E-state index is 0.458. The summed E-state index contributed by atoms with van der Waals surface area (Å²) in [5.41, 5.74) is 1.40. The van der Waals surface area contributed by atoms with Crippen LogP contribution in [0.1, 0.15) is 92.4 Å². The maximum absolute atomic E-state index is 11.4. The van der Waals surface area contributed by atoms with Gasteiger partial charge in [-0.1, -0.05) is 84.3 Å². The van der Waals surface area contributed by atoms with Crippen molar-refractivity contribution in [2.75, 3.05) is 16.8 Å². The number of nitrogens with one attached hydrogen (secondary N) is 1. The van der Waals surface area contributed by atoms with Gasteiger partial charge in [-0.3, -0.25) is 0 Å². The van der Waals surface area contributed by atoms with E-state index in [4.69, 9.17) is 4.42 Å². The largest absolute Gasteiger partial charge is 0.480 e. The number of carbonyl (C=O) groups is 1. The maximum atomic E-state index is 11.4. The highest BCUT2D eigenvalue weighted by Crippen LogP contribution is 2.22. The number of aromatic nitrogens is 1. The Morgan fingerprint density at radius 1 is 1.09 bits per heavy atom. The smallest absolute Gasteiger partial charge is 0.327 e. The first-order valence-electron chi connectivity index (χ1n) is 12.4. The molecule has 1 rings (SSSR count). The summed E-state index contributed by atoms with van der Waals surface area (Å²) in [6, 6.07) is -0.669. The number of anilines is 1. The first kappa shape index (κ1) is 28.6. The maximum Gasteiger partial charge on any atom is 0.327 e. The fraction of sp³-hybridized carbons (Fsp3) is 0.769. The Morgan fingerprint density at radius 3 is 2.28 bits per heavy atom. The Balaban J connectivity index is 2.10. The molecule has 184 valence electrons. The fourth-order valence-electron chi connectivity index (χ4n) is 3.83. The average Bonchev–Trinajstić information content (AvgIpc) is 3.23. The van der Waals surface area contributed by atoms with E-state index < -0.39 is 12.0 Å². The van der Waals surface area contributed by atoms with E-state index in [1.165, 1.54) is 69.6 Å². The van der Waals surface area contributed by atoms with Gasteiger partial charge in [0.05, 0.1) is 0 Å². The number of oxazole rings is 1. The third kappa shape index (κ3) is 14.6. The zero-order valence-electron chi connectivity index (χ0n) is 20.9. The summed E-state index contributed by atoms with van der Waals surface area (Å²) in [5.74, 6) is 3.41. The first-order valence-corrected chi connectivity index (χ1v) is 13.5. The fourth-order valence-corrected chi connectivity index (χ4v) is 4.83. The van der Waals surface area contributed by atoms with Gasteiger partial charge >= 0.3 is 5.97 Å². The van der Waals surface area contributed by atoms with Crippen LogP contribution in [-0.4, -0.2) is 33.6 Å². The Hall–Kier alpha value is -1.43. The van der Waals surface area contributed by atoms with Crippen molar-refractivity contribution < 1.29 is 14.3 Å². The number of carboxylic acid groups (broad SMARTS) is 1. The van der Waals surface area contributed by atoms with Crippen molar-refractivity contribution in [1.29, 1.82) is 0 Å². The number of aliphatic carboxylic acids is 1. The number of hydrogen-bond donors (Lipinski definition) is 2. The molecule has 1 aromatic rings. The minimum atomic E-state index is -0.875. The third-order valence-corrected chi connectivity index (χ3v) is 7.00. The van der Waals surface area contributed by atoms with Gasteiger partial charge in [0.1, 0.15) is 12.3 Å². The van der Waals surface area contributed by atoms with E-state index in [1.54, 1.807) is 11.8 Å². The lowest BCUT2D eigenvalue weighted by Gasteiger charge is -2.15. The van der Waals surface area contributed by atoms with E-state index >= 15 is 0 Å². The third-order valence-electron chi connectivity index (χ3n) is 6.03. The second-order valence-electron chi connectivity index (χ2n) is 9.86. The molecule has 1 heterocycles. The Morgan fingerprint density at radius 2 is 1.72 bits per heavy atom. The molecule has 0 saturated heterocycles. The topological polar surface area (TPSA) is 75.4 Å². The van der Waals surface area contributed by atoms with Crippen molar-refractivity contribution in [3.8, 4) is 0 Å². The molecule has 0 saturated carbocycles. The van der Waals surface area contributed by atoms with Gasteiger partial charge in [-0.15, -0.1) is 0 Å². The van der Waals surface area contributed by atoms with E-state index in [2.05, 4.69) is 51.0 Å². The summed E-state index contributed by atoms with van der Waals surface area (Å²) in [4.78, 5) is 15.3. The van der Waals surface area contributed by atoms with Crippen molar-refractivity contribution in [1.82, 2.24) is 4.98 Å². The molecule has 6 heteroatoms. The monoisotopic (exact) mass is 466 g/mol. The summed E-state index contributed by atoms with van der Waals surface area (Å²) in [6.45, 7) is 11.6. The lowest BCUT2D eigenvalue weighted by atomic mass is 9.91. The van der Waals surface area contributed by atoms with Gasteiger partial charge in [0, 0.05) is 11.5 Å². The van der Waals surface area contributed by atoms with Gasteiger partial charge in [0.25, 0.3) is 0 Å². The standard InChI is InChI=1S/C26H46N2O3S/c1-20(2)9-6-10-21(3)11-7-12-22(4)13-8-14-23(5)15-16-32-18-24(26(29)30)28-25-17-31-19-27-25/h15,17,19-22,24,28H,6-14,16,18H2,1-5H3,(H,29,30). The number of rotatable bonds is 19. The van der Waals surface area contributed by atoms with Crippen LogP contribution in [0.15, 0.2) is 28.7 Å². The Labute approximate surface area is 200 Å². The predicted molar refractivity (Wildman–Crippen MR) is 137 cm³/mol. The van der Waals surface area contributed by atoms with Crippen molar-refractivity contribution in [2.45, 2.75) is 98.4 Å². The van der Waals surface area contributed by atoms with Crippen molar-refractivity contribution >= 4 is 23.5 Å². The molecule has 3 unspecified atom stereocenters. The molecule has 0 aliphatic heterocycles. The first-order chi connectivity index (χ1) is 15.3. The number of hydrogen-bond acceptors (Lipinski definition) is 5. The van der Waals surface area contributed by atoms with Crippen LogP contribution in [0.2, 0.25) is 0 Å². The molecule has 5 nitrogen and oxygen atoms in total. The van der Waals surface area contributed by atoms with Crippen LogP contribution in [-0.2, 0) is 4.79 Å². The van der Waals surface area contributed by atoms with E-state index in [0.717, 1.165) is 29.9 Å². The second-order valence-corrected chi connectivity index (χ2v) is 10.9. The molecule has 0 aliphatic rings. The Kier molecular flexibility index (Phi) is 15.3. The quantitative estimate of drug-likeness (QED) is 0.161. The SMILES string of the molecule is CC(=CCSCC(Nc1cocn1)C(=O)O)CCCC(C)CCCC(C)CCCC(C)C. The number of carboxylic acids is 1. The number of thioether (sulfide) groups is 1. The zero-order valence-corrected chi connectivity index (χ0v) is 21.8. The molecule has 0 bridgehead atoms. The average molecular weight is 467 g/mol. The van der Waals surface area contributed by atoms with Gasteiger partial charge in [0.15, 0.2) is 12.2 Å². The summed E-state index contributed by atoms with van der Waals surface area (Å²) >= 11 is 1.62. The molecule has 32 heavy (non-hydrogen) atoms.